The van der Waals surface area contributed by atoms with Crippen LogP contribution in [0.4, 0.5) is 5.82 Å². The average Bonchev–Trinajstić information content (AvgIpc) is 3.00. The number of nitrogen functional groups attached to an aromatic ring is 1. The Kier molecular flexibility index (Phi) is 2.11. The second-order valence-corrected chi connectivity index (χ2v) is 3.59. The maximum absolute atomic E-state index is 5.76. The molecular weight excluding hydrogens is 216 g/mol. The Morgan fingerprint density at radius 1 is 1.18 bits per heavy atom. The van der Waals surface area contributed by atoms with Crippen LogP contribution in [0.5, 0.6) is 0 Å². The van der Waals surface area contributed by atoms with Gasteiger partial charge in [0.15, 0.2) is 0 Å². The van der Waals surface area contributed by atoms with Crippen LogP contribution in [0.15, 0.2) is 42.9 Å². The summed E-state index contributed by atoms with van der Waals surface area (Å²) in [6, 6.07) is 7.85. The van der Waals surface area contributed by atoms with Crippen LogP contribution in [-0.4, -0.2) is 25.2 Å². The SMILES string of the molecule is Nc1[nH]ncc1-c1ccc(-n2ccnn2)cc1. The van der Waals surface area contributed by atoms with Gasteiger partial charge in [-0.05, 0) is 17.7 Å². The van der Waals surface area contributed by atoms with Gasteiger partial charge in [0.1, 0.15) is 5.82 Å². The van der Waals surface area contributed by atoms with Crippen LogP contribution in [0.1, 0.15) is 0 Å². The molecule has 0 unspecified atom stereocenters. The lowest BCUT2D eigenvalue weighted by Gasteiger charge is -2.02. The van der Waals surface area contributed by atoms with Crippen LogP contribution in [0.25, 0.3) is 16.8 Å². The summed E-state index contributed by atoms with van der Waals surface area (Å²) in [5, 5.41) is 14.3. The van der Waals surface area contributed by atoms with Crippen LogP contribution in [0.2, 0.25) is 0 Å². The number of anilines is 1. The predicted molar refractivity (Wildman–Crippen MR) is 63.4 cm³/mol. The van der Waals surface area contributed by atoms with Gasteiger partial charge >= 0.3 is 0 Å². The number of aromatic amines is 1. The smallest absolute Gasteiger partial charge is 0.126 e. The Labute approximate surface area is 97.1 Å². The number of rotatable bonds is 2. The molecule has 0 fully saturated rings. The zero-order valence-electron chi connectivity index (χ0n) is 8.91. The molecule has 1 aromatic carbocycles. The van der Waals surface area contributed by atoms with E-state index in [4.69, 9.17) is 5.73 Å². The molecule has 0 spiro atoms. The molecule has 0 aliphatic rings. The molecule has 0 aliphatic carbocycles. The number of nitrogens with zero attached hydrogens (tertiary/aromatic N) is 4. The third-order valence-corrected chi connectivity index (χ3v) is 2.53. The molecule has 0 saturated heterocycles. The summed E-state index contributed by atoms with van der Waals surface area (Å²) >= 11 is 0. The molecule has 6 nitrogen and oxygen atoms in total. The Hall–Kier alpha value is -2.63. The molecule has 0 radical (unpaired) electrons. The van der Waals surface area contributed by atoms with Crippen molar-refractivity contribution >= 4 is 5.82 Å². The van der Waals surface area contributed by atoms with Crippen molar-refractivity contribution in [2.24, 2.45) is 0 Å². The van der Waals surface area contributed by atoms with Crippen molar-refractivity contribution in [2.45, 2.75) is 0 Å². The van der Waals surface area contributed by atoms with E-state index in [0.29, 0.717) is 5.82 Å². The summed E-state index contributed by atoms with van der Waals surface area (Å²) in [6.45, 7) is 0. The summed E-state index contributed by atoms with van der Waals surface area (Å²) in [4.78, 5) is 0. The van der Waals surface area contributed by atoms with Gasteiger partial charge in [0.05, 0.1) is 24.3 Å². The predicted octanol–water partition coefficient (Wildman–Crippen LogP) is 1.24. The highest BCUT2D eigenvalue weighted by Gasteiger charge is 2.04. The van der Waals surface area contributed by atoms with Gasteiger partial charge in [-0.15, -0.1) is 5.10 Å². The van der Waals surface area contributed by atoms with E-state index >= 15 is 0 Å². The first kappa shape index (κ1) is 9.59. The largest absolute Gasteiger partial charge is 0.384 e. The maximum Gasteiger partial charge on any atom is 0.126 e. The molecule has 0 bridgehead atoms. The minimum Gasteiger partial charge on any atom is -0.384 e. The second kappa shape index (κ2) is 3.75. The third kappa shape index (κ3) is 1.65. The number of aromatic nitrogens is 5. The Balaban J connectivity index is 1.99. The zero-order chi connectivity index (χ0) is 11.7. The third-order valence-electron chi connectivity index (χ3n) is 2.53. The normalized spacial score (nSPS) is 10.6. The van der Waals surface area contributed by atoms with E-state index in [2.05, 4.69) is 20.5 Å². The van der Waals surface area contributed by atoms with Gasteiger partial charge in [0.25, 0.3) is 0 Å². The van der Waals surface area contributed by atoms with Crippen molar-refractivity contribution in [3.8, 4) is 16.8 Å². The van der Waals surface area contributed by atoms with E-state index < -0.39 is 0 Å². The second-order valence-electron chi connectivity index (χ2n) is 3.59. The number of hydrogen-bond donors (Lipinski definition) is 2. The molecule has 3 N–H and O–H groups in total. The number of nitrogens with two attached hydrogens (primary N) is 1. The van der Waals surface area contributed by atoms with Crippen molar-refractivity contribution in [1.82, 2.24) is 25.2 Å². The lowest BCUT2D eigenvalue weighted by atomic mass is 10.1. The van der Waals surface area contributed by atoms with Gasteiger partial charge in [0, 0.05) is 5.56 Å². The Morgan fingerprint density at radius 3 is 2.59 bits per heavy atom. The van der Waals surface area contributed by atoms with E-state index in [0.717, 1.165) is 16.8 Å². The van der Waals surface area contributed by atoms with E-state index in [1.165, 1.54) is 0 Å². The number of H-pyrrole nitrogens is 1. The van der Waals surface area contributed by atoms with Crippen LogP contribution in [0.3, 0.4) is 0 Å². The first-order valence-electron chi connectivity index (χ1n) is 5.10. The molecule has 17 heavy (non-hydrogen) atoms. The van der Waals surface area contributed by atoms with Gasteiger partial charge < -0.3 is 5.73 Å². The fourth-order valence-electron chi connectivity index (χ4n) is 1.67. The van der Waals surface area contributed by atoms with Crippen molar-refractivity contribution in [1.29, 1.82) is 0 Å². The Morgan fingerprint density at radius 2 is 2.00 bits per heavy atom. The van der Waals surface area contributed by atoms with Crippen LogP contribution in [0, 0.1) is 0 Å². The summed E-state index contributed by atoms with van der Waals surface area (Å²) in [7, 11) is 0. The molecular formula is C11H10N6. The minimum atomic E-state index is 0.568. The van der Waals surface area contributed by atoms with E-state index in [1.54, 1.807) is 23.3 Å². The summed E-state index contributed by atoms with van der Waals surface area (Å²) in [5.74, 6) is 0.568. The van der Waals surface area contributed by atoms with Gasteiger partial charge in [-0.1, -0.05) is 17.3 Å². The fourth-order valence-corrected chi connectivity index (χ4v) is 1.67. The summed E-state index contributed by atoms with van der Waals surface area (Å²) < 4.78 is 1.70. The van der Waals surface area contributed by atoms with Gasteiger partial charge in [0.2, 0.25) is 0 Å². The van der Waals surface area contributed by atoms with Crippen LogP contribution < -0.4 is 5.73 Å². The van der Waals surface area contributed by atoms with Crippen molar-refractivity contribution < 1.29 is 0 Å². The molecule has 0 atom stereocenters. The molecule has 84 valence electrons. The molecule has 2 aromatic heterocycles. The molecule has 2 heterocycles. The molecule has 0 amide bonds. The number of hydrogen-bond acceptors (Lipinski definition) is 4. The van der Waals surface area contributed by atoms with Gasteiger partial charge in [-0.25, -0.2) is 4.68 Å². The summed E-state index contributed by atoms with van der Waals surface area (Å²) in [6.07, 6.45) is 5.14. The quantitative estimate of drug-likeness (QED) is 0.688. The van der Waals surface area contributed by atoms with Gasteiger partial charge in [-0.2, -0.15) is 5.10 Å². The highest BCUT2D eigenvalue weighted by molar-refractivity contribution is 5.73. The van der Waals surface area contributed by atoms with Crippen LogP contribution >= 0.6 is 0 Å². The van der Waals surface area contributed by atoms with Crippen LogP contribution in [-0.2, 0) is 0 Å². The van der Waals surface area contributed by atoms with E-state index in [9.17, 15) is 0 Å². The highest BCUT2D eigenvalue weighted by Crippen LogP contribution is 2.24. The first-order chi connectivity index (χ1) is 8.34. The maximum atomic E-state index is 5.76. The van der Waals surface area contributed by atoms with Gasteiger partial charge in [-0.3, -0.25) is 5.10 Å². The lowest BCUT2D eigenvalue weighted by Crippen LogP contribution is -1.94. The number of nitrogens with one attached hydrogen (secondary N) is 1. The molecule has 6 heteroatoms. The standard InChI is InChI=1S/C11H10N6/c12-11-10(7-14-15-11)8-1-3-9(4-2-8)17-6-5-13-16-17/h1-7H,(H3,12,14,15). The monoisotopic (exact) mass is 226 g/mol. The molecule has 0 saturated carbocycles. The summed E-state index contributed by atoms with van der Waals surface area (Å²) in [5.41, 5.74) is 8.62. The first-order valence-corrected chi connectivity index (χ1v) is 5.10. The molecule has 3 aromatic rings. The van der Waals surface area contributed by atoms with Crippen molar-refractivity contribution in [3.63, 3.8) is 0 Å². The molecule has 0 aliphatic heterocycles. The van der Waals surface area contributed by atoms with Crippen molar-refractivity contribution in [3.05, 3.63) is 42.9 Å². The average molecular weight is 226 g/mol. The number of benzene rings is 1. The Bertz CT molecular complexity index is 608. The zero-order valence-corrected chi connectivity index (χ0v) is 8.91. The van der Waals surface area contributed by atoms with E-state index in [1.807, 2.05) is 24.3 Å². The minimum absolute atomic E-state index is 0.568. The lowest BCUT2D eigenvalue weighted by molar-refractivity contribution is 0.803. The topological polar surface area (TPSA) is 85.4 Å². The van der Waals surface area contributed by atoms with E-state index in [-0.39, 0.29) is 0 Å². The fraction of sp³-hybridized carbons (Fsp3) is 0. The molecule has 3 rings (SSSR count). The highest BCUT2D eigenvalue weighted by atomic mass is 15.4. The van der Waals surface area contributed by atoms with Crippen molar-refractivity contribution in [2.75, 3.05) is 5.73 Å².